The third kappa shape index (κ3) is 4.33. The summed E-state index contributed by atoms with van der Waals surface area (Å²) in [6.07, 6.45) is 0. The number of hydrogen-bond donors (Lipinski definition) is 2. The van der Waals surface area contributed by atoms with Gasteiger partial charge in [0, 0.05) is 23.4 Å². The lowest BCUT2D eigenvalue weighted by molar-refractivity contribution is -0.115. The second kappa shape index (κ2) is 7.09. The zero-order chi connectivity index (χ0) is 16.1. The van der Waals surface area contributed by atoms with Crippen molar-refractivity contribution in [2.24, 2.45) is 0 Å². The highest BCUT2D eigenvalue weighted by Crippen LogP contribution is 2.17. The summed E-state index contributed by atoms with van der Waals surface area (Å²) in [6.45, 7) is 1.61. The molecule has 0 radical (unpaired) electrons. The van der Waals surface area contributed by atoms with Crippen molar-refractivity contribution < 1.29 is 18.0 Å². The Hall–Kier alpha value is -2.34. The molecule has 2 aromatic rings. The fourth-order valence-electron chi connectivity index (χ4n) is 1.95. The Morgan fingerprint density at radius 1 is 1.05 bits per heavy atom. The van der Waals surface area contributed by atoms with Crippen LogP contribution in [-0.4, -0.2) is 12.5 Å². The maximum Gasteiger partial charge on any atom is 0.238 e. The van der Waals surface area contributed by atoms with E-state index in [0.29, 0.717) is 5.69 Å². The molecule has 1 amide bonds. The summed E-state index contributed by atoms with van der Waals surface area (Å²) >= 11 is 0. The molecule has 116 valence electrons. The highest BCUT2D eigenvalue weighted by atomic mass is 19.1. The monoisotopic (exact) mass is 308 g/mol. The van der Waals surface area contributed by atoms with E-state index in [2.05, 4.69) is 10.6 Å². The molecule has 6 heteroatoms. The van der Waals surface area contributed by atoms with E-state index in [0.717, 1.165) is 12.1 Å². The second-order valence-electron chi connectivity index (χ2n) is 4.82. The Morgan fingerprint density at radius 2 is 1.68 bits per heavy atom. The lowest BCUT2D eigenvalue weighted by Crippen LogP contribution is -2.30. The first kappa shape index (κ1) is 16.0. The summed E-state index contributed by atoms with van der Waals surface area (Å²) in [6, 6.07) is 8.19. The molecule has 0 saturated carbocycles. The number of benzene rings is 2. The van der Waals surface area contributed by atoms with E-state index in [4.69, 9.17) is 0 Å². The van der Waals surface area contributed by atoms with E-state index >= 15 is 0 Å². The molecule has 0 saturated heterocycles. The molecular formula is C16H15F3N2O. The highest BCUT2D eigenvalue weighted by molar-refractivity contribution is 5.92. The third-order valence-corrected chi connectivity index (χ3v) is 3.13. The molecule has 2 N–H and O–H groups in total. The molecular weight excluding hydrogens is 293 g/mol. The van der Waals surface area contributed by atoms with Crippen LogP contribution in [0, 0.1) is 17.5 Å². The van der Waals surface area contributed by atoms with Crippen molar-refractivity contribution >= 4 is 11.6 Å². The minimum atomic E-state index is -0.668. The molecule has 0 heterocycles. The number of halogens is 3. The first-order valence-corrected chi connectivity index (χ1v) is 6.69. The van der Waals surface area contributed by atoms with Crippen LogP contribution < -0.4 is 10.6 Å². The zero-order valence-corrected chi connectivity index (χ0v) is 11.9. The summed E-state index contributed by atoms with van der Waals surface area (Å²) < 4.78 is 39.2. The Kier molecular flexibility index (Phi) is 5.16. The quantitative estimate of drug-likeness (QED) is 0.889. The van der Waals surface area contributed by atoms with Gasteiger partial charge in [-0.2, -0.15) is 0 Å². The lowest BCUT2D eigenvalue weighted by atomic mass is 10.1. The van der Waals surface area contributed by atoms with E-state index in [-0.39, 0.29) is 18.0 Å². The largest absolute Gasteiger partial charge is 0.325 e. The van der Waals surface area contributed by atoms with Gasteiger partial charge in [0.1, 0.15) is 17.5 Å². The van der Waals surface area contributed by atoms with Crippen LogP contribution in [0.15, 0.2) is 42.5 Å². The Labute approximate surface area is 126 Å². The maximum atomic E-state index is 13.6. The number of anilines is 1. The van der Waals surface area contributed by atoms with Crippen molar-refractivity contribution in [1.29, 1.82) is 0 Å². The average Bonchev–Trinajstić information content (AvgIpc) is 2.47. The van der Waals surface area contributed by atoms with Gasteiger partial charge in [0.25, 0.3) is 0 Å². The fourth-order valence-corrected chi connectivity index (χ4v) is 1.95. The Balaban J connectivity index is 1.88. The molecule has 1 atom stereocenters. The van der Waals surface area contributed by atoms with Crippen molar-refractivity contribution in [2.45, 2.75) is 13.0 Å². The summed E-state index contributed by atoms with van der Waals surface area (Å²) in [5.41, 5.74) is 0.741. The summed E-state index contributed by atoms with van der Waals surface area (Å²) in [4.78, 5) is 11.8. The van der Waals surface area contributed by atoms with E-state index < -0.39 is 23.5 Å². The molecule has 0 unspecified atom stereocenters. The fraction of sp³-hybridized carbons (Fsp3) is 0.188. The number of carbonyl (C=O) groups excluding carboxylic acids is 1. The van der Waals surface area contributed by atoms with Crippen LogP contribution in [0.25, 0.3) is 0 Å². The summed E-state index contributed by atoms with van der Waals surface area (Å²) in [5.74, 6) is -2.06. The SMILES string of the molecule is C[C@H](NCC(=O)Nc1ccc(F)cc1)c1ccc(F)cc1F. The topological polar surface area (TPSA) is 41.1 Å². The van der Waals surface area contributed by atoms with Crippen LogP contribution >= 0.6 is 0 Å². The number of carbonyl (C=O) groups is 1. The van der Waals surface area contributed by atoms with Crippen LogP contribution in [0.3, 0.4) is 0 Å². The summed E-state index contributed by atoms with van der Waals surface area (Å²) in [5, 5.41) is 5.42. The number of hydrogen-bond acceptors (Lipinski definition) is 2. The van der Waals surface area contributed by atoms with Crippen molar-refractivity contribution in [1.82, 2.24) is 5.32 Å². The van der Waals surface area contributed by atoms with Gasteiger partial charge in [-0.3, -0.25) is 4.79 Å². The van der Waals surface area contributed by atoms with Gasteiger partial charge in [0.2, 0.25) is 5.91 Å². The molecule has 2 aromatic carbocycles. The predicted octanol–water partition coefficient (Wildman–Crippen LogP) is 3.39. The smallest absolute Gasteiger partial charge is 0.238 e. The van der Waals surface area contributed by atoms with Crippen LogP contribution in [0.1, 0.15) is 18.5 Å². The van der Waals surface area contributed by atoms with Crippen LogP contribution in [-0.2, 0) is 4.79 Å². The highest BCUT2D eigenvalue weighted by Gasteiger charge is 2.12. The first-order chi connectivity index (χ1) is 10.5. The van der Waals surface area contributed by atoms with E-state index in [9.17, 15) is 18.0 Å². The summed E-state index contributed by atoms with van der Waals surface area (Å²) in [7, 11) is 0. The standard InChI is InChI=1S/C16H15F3N2O/c1-10(14-7-4-12(18)8-15(14)19)20-9-16(22)21-13-5-2-11(17)3-6-13/h2-8,10,20H,9H2,1H3,(H,21,22)/t10-/m0/s1. The first-order valence-electron chi connectivity index (χ1n) is 6.69. The van der Waals surface area contributed by atoms with Gasteiger partial charge in [-0.25, -0.2) is 13.2 Å². The molecule has 0 fully saturated rings. The molecule has 0 spiro atoms. The van der Waals surface area contributed by atoms with E-state index in [1.54, 1.807) is 6.92 Å². The number of amides is 1. The zero-order valence-electron chi connectivity index (χ0n) is 11.9. The third-order valence-electron chi connectivity index (χ3n) is 3.13. The van der Waals surface area contributed by atoms with E-state index in [1.807, 2.05) is 0 Å². The number of rotatable bonds is 5. The van der Waals surface area contributed by atoms with Crippen LogP contribution in [0.4, 0.5) is 18.9 Å². The van der Waals surface area contributed by atoms with Crippen molar-refractivity contribution in [2.75, 3.05) is 11.9 Å². The minimum absolute atomic E-state index is 0.0602. The molecule has 3 nitrogen and oxygen atoms in total. The van der Waals surface area contributed by atoms with Gasteiger partial charge >= 0.3 is 0 Å². The van der Waals surface area contributed by atoms with Gasteiger partial charge in [0.05, 0.1) is 6.54 Å². The van der Waals surface area contributed by atoms with Gasteiger partial charge in [-0.15, -0.1) is 0 Å². The van der Waals surface area contributed by atoms with Crippen molar-refractivity contribution in [3.63, 3.8) is 0 Å². The lowest BCUT2D eigenvalue weighted by Gasteiger charge is -2.15. The molecule has 0 aliphatic carbocycles. The van der Waals surface area contributed by atoms with E-state index in [1.165, 1.54) is 30.3 Å². The van der Waals surface area contributed by atoms with Crippen LogP contribution in [0.2, 0.25) is 0 Å². The van der Waals surface area contributed by atoms with Crippen molar-refractivity contribution in [3.05, 3.63) is 65.5 Å². The predicted molar refractivity (Wildman–Crippen MR) is 77.8 cm³/mol. The molecule has 0 aliphatic heterocycles. The molecule has 0 aliphatic rings. The average molecular weight is 308 g/mol. The minimum Gasteiger partial charge on any atom is -0.325 e. The maximum absolute atomic E-state index is 13.6. The van der Waals surface area contributed by atoms with Gasteiger partial charge in [-0.1, -0.05) is 6.07 Å². The molecule has 22 heavy (non-hydrogen) atoms. The second-order valence-corrected chi connectivity index (χ2v) is 4.82. The normalized spacial score (nSPS) is 12.0. The van der Waals surface area contributed by atoms with Gasteiger partial charge < -0.3 is 10.6 Å². The van der Waals surface area contributed by atoms with Crippen LogP contribution in [0.5, 0.6) is 0 Å². The molecule has 0 bridgehead atoms. The Morgan fingerprint density at radius 3 is 2.32 bits per heavy atom. The van der Waals surface area contributed by atoms with Crippen molar-refractivity contribution in [3.8, 4) is 0 Å². The van der Waals surface area contributed by atoms with Gasteiger partial charge in [-0.05, 0) is 37.3 Å². The Bertz CT molecular complexity index is 659. The molecule has 0 aromatic heterocycles. The van der Waals surface area contributed by atoms with Gasteiger partial charge in [0.15, 0.2) is 0 Å². The molecule has 2 rings (SSSR count). The number of nitrogens with one attached hydrogen (secondary N) is 2.